The van der Waals surface area contributed by atoms with Gasteiger partial charge in [-0.3, -0.25) is 4.98 Å². The highest BCUT2D eigenvalue weighted by atomic mass is 14.7. The van der Waals surface area contributed by atoms with E-state index in [0.29, 0.717) is 0 Å². The fourth-order valence-corrected chi connectivity index (χ4v) is 1.55. The molecule has 14 heavy (non-hydrogen) atoms. The number of nitrogens with two attached hydrogens (primary N) is 1. The second kappa shape index (κ2) is 3.66. The molecule has 0 amide bonds. The van der Waals surface area contributed by atoms with E-state index in [0.717, 1.165) is 24.2 Å². The van der Waals surface area contributed by atoms with Crippen molar-refractivity contribution >= 4 is 11.3 Å². The molecule has 72 valence electrons. The van der Waals surface area contributed by atoms with Crippen LogP contribution in [0.25, 0.3) is 5.57 Å². The molecule has 0 saturated heterocycles. The maximum atomic E-state index is 5.58. The van der Waals surface area contributed by atoms with E-state index in [1.165, 1.54) is 11.1 Å². The van der Waals surface area contributed by atoms with E-state index in [1.807, 2.05) is 12.1 Å². The van der Waals surface area contributed by atoms with E-state index < -0.39 is 0 Å². The average Bonchev–Trinajstić information content (AvgIpc) is 2.21. The number of allylic oxidation sites excluding steroid dienone is 4. The fraction of sp³-hybridized carbons (Fsp3) is 0.250. The summed E-state index contributed by atoms with van der Waals surface area (Å²) in [5.41, 5.74) is 10.1. The Balaban J connectivity index is 2.28. The first-order valence-electron chi connectivity index (χ1n) is 4.84. The fourth-order valence-electron chi connectivity index (χ4n) is 1.55. The first-order valence-corrected chi connectivity index (χ1v) is 4.84. The number of hydrogen-bond acceptors (Lipinski definition) is 2. The molecule has 1 aromatic heterocycles. The highest BCUT2D eigenvalue weighted by Gasteiger charge is 2.06. The number of aromatic nitrogens is 1. The van der Waals surface area contributed by atoms with Crippen molar-refractivity contribution in [2.75, 3.05) is 5.73 Å². The summed E-state index contributed by atoms with van der Waals surface area (Å²) in [5.74, 6) is 0. The van der Waals surface area contributed by atoms with Gasteiger partial charge >= 0.3 is 0 Å². The summed E-state index contributed by atoms with van der Waals surface area (Å²) >= 11 is 0. The lowest BCUT2D eigenvalue weighted by Gasteiger charge is -2.11. The van der Waals surface area contributed by atoms with Crippen LogP contribution in [0.4, 0.5) is 5.69 Å². The van der Waals surface area contributed by atoms with E-state index in [-0.39, 0.29) is 0 Å². The number of hydrogen-bond donors (Lipinski definition) is 1. The van der Waals surface area contributed by atoms with E-state index in [1.54, 1.807) is 6.20 Å². The summed E-state index contributed by atoms with van der Waals surface area (Å²) < 4.78 is 0. The minimum absolute atomic E-state index is 0.719. The molecule has 0 saturated carbocycles. The van der Waals surface area contributed by atoms with Crippen molar-refractivity contribution in [1.82, 2.24) is 4.98 Å². The Kier molecular flexibility index (Phi) is 2.35. The van der Waals surface area contributed by atoms with Gasteiger partial charge in [0.05, 0.1) is 17.6 Å². The van der Waals surface area contributed by atoms with Crippen LogP contribution in [0.3, 0.4) is 0 Å². The average molecular weight is 186 g/mol. The zero-order valence-electron chi connectivity index (χ0n) is 8.33. The Bertz CT molecular complexity index is 385. The molecule has 0 fully saturated rings. The molecule has 0 aromatic carbocycles. The molecule has 2 N–H and O–H groups in total. The lowest BCUT2D eigenvalue weighted by Crippen LogP contribution is -1.95. The van der Waals surface area contributed by atoms with Gasteiger partial charge in [0.2, 0.25) is 0 Å². The number of rotatable bonds is 1. The van der Waals surface area contributed by atoms with E-state index in [2.05, 4.69) is 24.1 Å². The van der Waals surface area contributed by atoms with Gasteiger partial charge in [-0.2, -0.15) is 0 Å². The van der Waals surface area contributed by atoms with E-state index >= 15 is 0 Å². The van der Waals surface area contributed by atoms with E-state index in [9.17, 15) is 0 Å². The van der Waals surface area contributed by atoms with Crippen LogP contribution in [0, 0.1) is 0 Å². The van der Waals surface area contributed by atoms with Gasteiger partial charge in [-0.1, -0.05) is 17.7 Å². The van der Waals surface area contributed by atoms with Crippen LogP contribution in [0.2, 0.25) is 0 Å². The second-order valence-electron chi connectivity index (χ2n) is 3.68. The van der Waals surface area contributed by atoms with Crippen LogP contribution >= 0.6 is 0 Å². The van der Waals surface area contributed by atoms with Gasteiger partial charge in [-0.15, -0.1) is 0 Å². The smallest absolute Gasteiger partial charge is 0.0663 e. The summed E-state index contributed by atoms with van der Waals surface area (Å²) in [6.45, 7) is 2.16. The minimum Gasteiger partial charge on any atom is -0.397 e. The zero-order chi connectivity index (χ0) is 9.97. The van der Waals surface area contributed by atoms with Crippen molar-refractivity contribution in [2.45, 2.75) is 19.8 Å². The lowest BCUT2D eigenvalue weighted by atomic mass is 9.97. The summed E-state index contributed by atoms with van der Waals surface area (Å²) in [5, 5.41) is 0. The standard InChI is InChI=1S/C12H14N2/c1-9-2-4-10(5-3-9)12-7-6-11(13)8-14-12/h2,4,6-8H,3,5,13H2,1H3. The summed E-state index contributed by atoms with van der Waals surface area (Å²) in [7, 11) is 0. The Labute approximate surface area is 84.2 Å². The molecule has 2 rings (SSSR count). The van der Waals surface area contributed by atoms with Crippen LogP contribution in [0.1, 0.15) is 25.5 Å². The van der Waals surface area contributed by atoms with Crippen molar-refractivity contribution in [3.05, 3.63) is 41.7 Å². The lowest BCUT2D eigenvalue weighted by molar-refractivity contribution is 0.968. The number of pyridine rings is 1. The summed E-state index contributed by atoms with van der Waals surface area (Å²) in [4.78, 5) is 4.30. The third kappa shape index (κ3) is 1.84. The molecule has 1 aliphatic carbocycles. The molecular weight excluding hydrogens is 172 g/mol. The first kappa shape index (κ1) is 9.00. The zero-order valence-corrected chi connectivity index (χ0v) is 8.33. The molecule has 1 heterocycles. The number of nitrogen functional groups attached to an aromatic ring is 1. The molecule has 0 unspecified atom stereocenters. The summed E-state index contributed by atoms with van der Waals surface area (Å²) in [6.07, 6.45) is 8.24. The number of anilines is 1. The van der Waals surface area contributed by atoms with Crippen LogP contribution in [0.5, 0.6) is 0 Å². The van der Waals surface area contributed by atoms with Crippen LogP contribution in [-0.2, 0) is 0 Å². The predicted molar refractivity (Wildman–Crippen MR) is 59.6 cm³/mol. The van der Waals surface area contributed by atoms with Gasteiger partial charge in [-0.05, 0) is 37.5 Å². The van der Waals surface area contributed by atoms with Gasteiger partial charge in [-0.25, -0.2) is 0 Å². The van der Waals surface area contributed by atoms with Crippen LogP contribution in [-0.4, -0.2) is 4.98 Å². The van der Waals surface area contributed by atoms with Gasteiger partial charge in [0.1, 0.15) is 0 Å². The van der Waals surface area contributed by atoms with Gasteiger partial charge in [0.25, 0.3) is 0 Å². The molecule has 0 spiro atoms. The molecule has 0 radical (unpaired) electrons. The Hall–Kier alpha value is -1.57. The molecule has 0 bridgehead atoms. The minimum atomic E-state index is 0.719. The van der Waals surface area contributed by atoms with Crippen LogP contribution in [0.15, 0.2) is 36.1 Å². The highest BCUT2D eigenvalue weighted by molar-refractivity contribution is 5.66. The predicted octanol–water partition coefficient (Wildman–Crippen LogP) is 2.79. The Morgan fingerprint density at radius 3 is 2.64 bits per heavy atom. The Morgan fingerprint density at radius 2 is 2.07 bits per heavy atom. The van der Waals surface area contributed by atoms with Crippen LogP contribution < -0.4 is 5.73 Å². The maximum absolute atomic E-state index is 5.58. The normalized spacial score (nSPS) is 16.1. The maximum Gasteiger partial charge on any atom is 0.0663 e. The molecule has 2 heteroatoms. The van der Waals surface area contributed by atoms with Crippen molar-refractivity contribution < 1.29 is 0 Å². The van der Waals surface area contributed by atoms with Gasteiger partial charge in [0.15, 0.2) is 0 Å². The number of nitrogens with zero attached hydrogens (tertiary/aromatic N) is 1. The molecule has 0 atom stereocenters. The topological polar surface area (TPSA) is 38.9 Å². The monoisotopic (exact) mass is 186 g/mol. The van der Waals surface area contributed by atoms with Gasteiger partial charge < -0.3 is 5.73 Å². The largest absolute Gasteiger partial charge is 0.397 e. The first-order chi connectivity index (χ1) is 6.75. The third-order valence-corrected chi connectivity index (χ3v) is 2.47. The molecule has 2 nitrogen and oxygen atoms in total. The van der Waals surface area contributed by atoms with Crippen molar-refractivity contribution in [2.24, 2.45) is 0 Å². The molecule has 1 aliphatic rings. The second-order valence-corrected chi connectivity index (χ2v) is 3.68. The molecule has 0 aliphatic heterocycles. The quantitative estimate of drug-likeness (QED) is 0.732. The van der Waals surface area contributed by atoms with Crippen molar-refractivity contribution in [3.8, 4) is 0 Å². The Morgan fingerprint density at radius 1 is 1.21 bits per heavy atom. The molecule has 1 aromatic rings. The summed E-state index contributed by atoms with van der Waals surface area (Å²) in [6, 6.07) is 3.88. The van der Waals surface area contributed by atoms with Crippen molar-refractivity contribution in [1.29, 1.82) is 0 Å². The molecular formula is C12H14N2. The van der Waals surface area contributed by atoms with Crippen molar-refractivity contribution in [3.63, 3.8) is 0 Å². The van der Waals surface area contributed by atoms with E-state index in [4.69, 9.17) is 5.73 Å². The highest BCUT2D eigenvalue weighted by Crippen LogP contribution is 2.25. The van der Waals surface area contributed by atoms with Gasteiger partial charge in [0, 0.05) is 0 Å². The third-order valence-electron chi connectivity index (χ3n) is 2.47. The SMILES string of the molecule is CC1=CC=C(c2ccc(N)cn2)CC1.